The minimum atomic E-state index is -3.79. The smallest absolute Gasteiger partial charge is 0.281 e. The number of tetrazole rings is 1. The summed E-state index contributed by atoms with van der Waals surface area (Å²) in [4.78, 5) is 20.4. The van der Waals surface area contributed by atoms with E-state index in [0.29, 0.717) is 42.3 Å². The lowest BCUT2D eigenvalue weighted by atomic mass is 9.97. The zero-order chi connectivity index (χ0) is 27.0. The number of benzene rings is 2. The van der Waals surface area contributed by atoms with Crippen molar-refractivity contribution < 1.29 is 13.2 Å². The number of nitrogens with zero attached hydrogens (tertiary/aromatic N) is 9. The minimum Gasteiger partial charge on any atom is -0.494 e. The molecule has 0 spiro atoms. The maximum atomic E-state index is 13.4. The van der Waals surface area contributed by atoms with E-state index in [1.54, 1.807) is 10.7 Å². The Hall–Kier alpha value is -4.50. The fraction of sp³-hybridized carbons (Fsp3) is 0.292. The molecular weight excluding hydrogens is 524 g/mol. The molecule has 0 bridgehead atoms. The van der Waals surface area contributed by atoms with Gasteiger partial charge in [0.15, 0.2) is 11.2 Å². The molecule has 15 heteroatoms. The molecule has 2 aromatic carbocycles. The molecule has 0 saturated carbocycles. The lowest BCUT2D eigenvalue weighted by Gasteiger charge is -2.30. The van der Waals surface area contributed by atoms with Crippen molar-refractivity contribution in [3.8, 4) is 11.4 Å². The molecule has 0 radical (unpaired) electrons. The molecule has 0 amide bonds. The predicted molar refractivity (Wildman–Crippen MR) is 138 cm³/mol. The number of sulfonamides is 1. The van der Waals surface area contributed by atoms with Crippen LogP contribution >= 0.6 is 0 Å². The van der Waals surface area contributed by atoms with Crippen LogP contribution in [0.25, 0.3) is 16.9 Å². The van der Waals surface area contributed by atoms with E-state index in [2.05, 4.69) is 30.8 Å². The first-order chi connectivity index (χ1) is 18.9. The fourth-order valence-electron chi connectivity index (χ4n) is 4.74. The summed E-state index contributed by atoms with van der Waals surface area (Å²) in [5.41, 5.74) is 1.75. The third kappa shape index (κ3) is 4.66. The topological polar surface area (TPSA) is 167 Å². The molecule has 1 aliphatic heterocycles. The summed E-state index contributed by atoms with van der Waals surface area (Å²) >= 11 is 0. The molecule has 1 fully saturated rings. The molecule has 3 aromatic heterocycles. The third-order valence-electron chi connectivity index (χ3n) is 6.79. The summed E-state index contributed by atoms with van der Waals surface area (Å²) in [7, 11) is -2.33. The van der Waals surface area contributed by atoms with Gasteiger partial charge in [0, 0.05) is 25.1 Å². The van der Waals surface area contributed by atoms with Gasteiger partial charge in [-0.25, -0.2) is 18.1 Å². The Kier molecular flexibility index (Phi) is 6.36. The molecule has 200 valence electrons. The number of methoxy groups -OCH3 is 1. The van der Waals surface area contributed by atoms with Crippen molar-refractivity contribution in [3.63, 3.8) is 0 Å². The highest BCUT2D eigenvalue weighted by atomic mass is 32.2. The number of rotatable bonds is 7. The maximum absolute atomic E-state index is 13.4. The predicted octanol–water partition coefficient (Wildman–Crippen LogP) is 1.12. The van der Waals surface area contributed by atoms with Gasteiger partial charge in [-0.2, -0.15) is 8.99 Å². The van der Waals surface area contributed by atoms with Gasteiger partial charge in [-0.1, -0.05) is 35.5 Å². The lowest BCUT2D eigenvalue weighted by molar-refractivity contribution is 0.313. The summed E-state index contributed by atoms with van der Waals surface area (Å²) in [6.45, 7) is 0.972. The van der Waals surface area contributed by atoms with Crippen molar-refractivity contribution in [1.82, 2.24) is 49.5 Å². The van der Waals surface area contributed by atoms with E-state index < -0.39 is 10.0 Å². The van der Waals surface area contributed by atoms with Crippen molar-refractivity contribution in [3.05, 3.63) is 76.6 Å². The van der Waals surface area contributed by atoms with E-state index in [9.17, 15) is 13.2 Å². The maximum Gasteiger partial charge on any atom is 0.281 e. The highest BCUT2D eigenvalue weighted by Gasteiger charge is 2.32. The van der Waals surface area contributed by atoms with Crippen molar-refractivity contribution in [2.75, 3.05) is 20.2 Å². The number of piperidine rings is 1. The van der Waals surface area contributed by atoms with Crippen LogP contribution in [0.4, 0.5) is 0 Å². The number of nitrogens with one attached hydrogen (secondary N) is 1. The summed E-state index contributed by atoms with van der Waals surface area (Å²) in [6.07, 6.45) is 2.39. The Morgan fingerprint density at radius 3 is 2.59 bits per heavy atom. The number of aromatic nitrogens is 9. The fourth-order valence-corrected chi connectivity index (χ4v) is 6.22. The van der Waals surface area contributed by atoms with E-state index in [1.807, 2.05) is 30.3 Å². The molecule has 1 saturated heterocycles. The largest absolute Gasteiger partial charge is 0.494 e. The van der Waals surface area contributed by atoms with Gasteiger partial charge < -0.3 is 9.72 Å². The van der Waals surface area contributed by atoms with Crippen LogP contribution in [0.2, 0.25) is 0 Å². The van der Waals surface area contributed by atoms with E-state index in [1.165, 1.54) is 34.6 Å². The van der Waals surface area contributed by atoms with Crippen molar-refractivity contribution in [2.45, 2.75) is 30.2 Å². The number of ether oxygens (including phenoxy) is 1. The van der Waals surface area contributed by atoms with Crippen LogP contribution in [0.15, 0.2) is 64.5 Å². The van der Waals surface area contributed by atoms with Crippen LogP contribution in [0.1, 0.15) is 30.1 Å². The third-order valence-corrected chi connectivity index (χ3v) is 8.69. The molecule has 0 aliphatic carbocycles. The average Bonchev–Trinajstić information content (AvgIpc) is 3.64. The highest BCUT2D eigenvalue weighted by molar-refractivity contribution is 7.89. The second-order valence-electron chi connectivity index (χ2n) is 9.12. The zero-order valence-corrected chi connectivity index (χ0v) is 21.7. The highest BCUT2D eigenvalue weighted by Crippen LogP contribution is 2.31. The van der Waals surface area contributed by atoms with Gasteiger partial charge in [0.25, 0.3) is 5.56 Å². The van der Waals surface area contributed by atoms with Crippen molar-refractivity contribution >= 4 is 21.2 Å². The van der Waals surface area contributed by atoms with E-state index >= 15 is 0 Å². The number of hydrogen-bond donors (Lipinski definition) is 1. The molecule has 5 aromatic rings. The van der Waals surface area contributed by atoms with Gasteiger partial charge in [0.05, 0.1) is 18.6 Å². The van der Waals surface area contributed by atoms with E-state index in [4.69, 9.17) is 9.72 Å². The molecule has 0 unspecified atom stereocenters. The lowest BCUT2D eigenvalue weighted by Crippen LogP contribution is -2.38. The Balaban J connectivity index is 1.21. The van der Waals surface area contributed by atoms with Crippen molar-refractivity contribution in [1.29, 1.82) is 0 Å². The van der Waals surface area contributed by atoms with Crippen LogP contribution in [-0.2, 0) is 16.6 Å². The first-order valence-electron chi connectivity index (χ1n) is 12.2. The van der Waals surface area contributed by atoms with E-state index in [0.717, 1.165) is 5.56 Å². The van der Waals surface area contributed by atoms with Crippen LogP contribution in [0.5, 0.6) is 5.75 Å². The molecule has 1 N–H and O–H groups in total. The second-order valence-corrected chi connectivity index (χ2v) is 11.1. The van der Waals surface area contributed by atoms with Gasteiger partial charge in [-0.05, 0) is 41.0 Å². The standard InChI is InChI=1S/C24H24N10O4S/c1-38-20-13-18(7-8-19(20)34-15-25-29-31-34)39(36,37)32-11-9-17(10-12-32)22-26-23-21(24(35)27-22)28-30-33(23)14-16-5-3-2-4-6-16/h2-8,13,15,17H,9-12,14H2,1H3,(H,26,27,35). The normalized spacial score (nSPS) is 15.1. The van der Waals surface area contributed by atoms with Gasteiger partial charge in [-0.15, -0.1) is 10.2 Å². The Bertz CT molecular complexity index is 1780. The van der Waals surface area contributed by atoms with Crippen LogP contribution in [-0.4, -0.2) is 78.1 Å². The average molecular weight is 549 g/mol. The number of aromatic amines is 1. The van der Waals surface area contributed by atoms with Gasteiger partial charge >= 0.3 is 0 Å². The van der Waals surface area contributed by atoms with Gasteiger partial charge in [0.2, 0.25) is 10.0 Å². The molecule has 1 aliphatic rings. The molecule has 6 rings (SSSR count). The van der Waals surface area contributed by atoms with Crippen LogP contribution < -0.4 is 10.3 Å². The minimum absolute atomic E-state index is 0.110. The molecule has 39 heavy (non-hydrogen) atoms. The first kappa shape index (κ1) is 24.8. The summed E-state index contributed by atoms with van der Waals surface area (Å²) < 4.78 is 36.7. The van der Waals surface area contributed by atoms with Crippen LogP contribution in [0, 0.1) is 0 Å². The summed E-state index contributed by atoms with van der Waals surface area (Å²) in [6, 6.07) is 14.3. The van der Waals surface area contributed by atoms with Gasteiger partial charge in [0.1, 0.15) is 23.6 Å². The monoisotopic (exact) mass is 548 g/mol. The Morgan fingerprint density at radius 1 is 1.08 bits per heavy atom. The molecular formula is C24H24N10O4S. The van der Waals surface area contributed by atoms with Crippen LogP contribution in [0.3, 0.4) is 0 Å². The summed E-state index contributed by atoms with van der Waals surface area (Å²) in [5.74, 6) is 0.716. The van der Waals surface area contributed by atoms with E-state index in [-0.39, 0.29) is 35.0 Å². The SMILES string of the molecule is COc1cc(S(=O)(=O)N2CCC(c3nc4c(nnn4Cc4ccccc4)c(=O)[nH]3)CC2)ccc1-n1cnnn1. The van der Waals surface area contributed by atoms with Crippen molar-refractivity contribution in [2.24, 2.45) is 0 Å². The quantitative estimate of drug-likeness (QED) is 0.311. The Labute approximate surface area is 222 Å². The number of hydrogen-bond acceptors (Lipinski definition) is 10. The Morgan fingerprint density at radius 2 is 1.87 bits per heavy atom. The first-order valence-corrected chi connectivity index (χ1v) is 13.7. The molecule has 0 atom stereocenters. The summed E-state index contributed by atoms with van der Waals surface area (Å²) in [5, 5.41) is 19.2. The number of fused-ring (bicyclic) bond motifs is 1. The molecule has 4 heterocycles. The number of H-pyrrole nitrogens is 1. The second kappa shape index (κ2) is 9.99. The molecule has 14 nitrogen and oxygen atoms in total. The zero-order valence-electron chi connectivity index (χ0n) is 20.9. The van der Waals surface area contributed by atoms with Gasteiger partial charge in [-0.3, -0.25) is 4.79 Å².